The zero-order valence-electron chi connectivity index (χ0n) is 16.0. The molecule has 0 bridgehead atoms. The number of aromatic nitrogens is 3. The highest BCUT2D eigenvalue weighted by atomic mass is 16.5. The quantitative estimate of drug-likeness (QED) is 0.494. The van der Waals surface area contributed by atoms with Crippen molar-refractivity contribution in [3.8, 4) is 17.0 Å². The molecule has 3 rings (SSSR count). The maximum absolute atomic E-state index is 11.8. The molecule has 9 nitrogen and oxygen atoms in total. The summed E-state index contributed by atoms with van der Waals surface area (Å²) in [5, 5.41) is 15.2. The highest BCUT2D eigenvalue weighted by molar-refractivity contribution is 5.93. The largest absolute Gasteiger partial charge is 0.496 e. The number of anilines is 3. The number of methoxy groups -OCH3 is 2. The number of carbonyl (C=O) groups is 1. The minimum absolute atomic E-state index is 0.0462. The molecule has 2 heterocycles. The van der Waals surface area contributed by atoms with E-state index in [9.17, 15) is 4.79 Å². The van der Waals surface area contributed by atoms with Gasteiger partial charge in [0, 0.05) is 42.3 Å². The van der Waals surface area contributed by atoms with Gasteiger partial charge in [0.05, 0.1) is 26.5 Å². The number of aliphatic hydroxyl groups excluding tert-OH is 1. The highest BCUT2D eigenvalue weighted by Crippen LogP contribution is 2.27. The number of carbonyl (C=O) groups excluding carboxylic acids is 1. The molecule has 9 heteroatoms. The first-order chi connectivity index (χ1) is 14.1. The summed E-state index contributed by atoms with van der Waals surface area (Å²) in [6.45, 7) is 0.271. The van der Waals surface area contributed by atoms with Crippen molar-refractivity contribution in [2.24, 2.45) is 0 Å². The molecule has 2 aromatic heterocycles. The standard InChI is InChI=1S/C20H21N5O4/c1-28-17-10-14(5-6-15(17)19(27)29-2)23-18-11-16(13-4-3-7-21-12-13)24-20(25-18)22-8-9-26/h3-7,10-12,26H,8-9H2,1-2H3,(H2,22,23,24,25). The van der Waals surface area contributed by atoms with Gasteiger partial charge in [-0.15, -0.1) is 0 Å². The van der Waals surface area contributed by atoms with Crippen LogP contribution in [0.25, 0.3) is 11.3 Å². The number of benzene rings is 1. The van der Waals surface area contributed by atoms with Gasteiger partial charge >= 0.3 is 5.97 Å². The summed E-state index contributed by atoms with van der Waals surface area (Å²) in [7, 11) is 2.80. The van der Waals surface area contributed by atoms with Crippen LogP contribution in [0.5, 0.6) is 5.75 Å². The number of nitrogens with one attached hydrogen (secondary N) is 2. The molecule has 29 heavy (non-hydrogen) atoms. The third kappa shape index (κ3) is 4.96. The Kier molecular flexibility index (Phi) is 6.54. The van der Waals surface area contributed by atoms with Crippen LogP contribution in [0.3, 0.4) is 0 Å². The molecule has 0 amide bonds. The smallest absolute Gasteiger partial charge is 0.341 e. The predicted molar refractivity (Wildman–Crippen MR) is 108 cm³/mol. The maximum atomic E-state index is 11.8. The Labute approximate surface area is 167 Å². The summed E-state index contributed by atoms with van der Waals surface area (Å²) in [4.78, 5) is 24.8. The number of ether oxygens (including phenoxy) is 2. The van der Waals surface area contributed by atoms with Crippen LogP contribution in [-0.4, -0.2) is 53.4 Å². The van der Waals surface area contributed by atoms with Gasteiger partial charge in [-0.25, -0.2) is 9.78 Å². The number of aliphatic hydroxyl groups is 1. The van der Waals surface area contributed by atoms with E-state index >= 15 is 0 Å². The van der Waals surface area contributed by atoms with Crippen molar-refractivity contribution in [2.75, 3.05) is 38.0 Å². The van der Waals surface area contributed by atoms with Crippen LogP contribution in [-0.2, 0) is 4.74 Å². The molecule has 0 aliphatic carbocycles. The van der Waals surface area contributed by atoms with E-state index in [4.69, 9.17) is 14.6 Å². The van der Waals surface area contributed by atoms with E-state index in [-0.39, 0.29) is 6.61 Å². The highest BCUT2D eigenvalue weighted by Gasteiger charge is 2.14. The fourth-order valence-corrected chi connectivity index (χ4v) is 2.62. The second-order valence-electron chi connectivity index (χ2n) is 5.89. The normalized spacial score (nSPS) is 10.3. The first-order valence-corrected chi connectivity index (χ1v) is 8.82. The minimum Gasteiger partial charge on any atom is -0.496 e. The van der Waals surface area contributed by atoms with Crippen LogP contribution in [0, 0.1) is 0 Å². The topological polar surface area (TPSA) is 118 Å². The summed E-state index contributed by atoms with van der Waals surface area (Å²) < 4.78 is 10.1. The van der Waals surface area contributed by atoms with Crippen molar-refractivity contribution in [3.63, 3.8) is 0 Å². The lowest BCUT2D eigenvalue weighted by Gasteiger charge is -2.13. The summed E-state index contributed by atoms with van der Waals surface area (Å²) in [6, 6.07) is 10.5. The molecule has 0 unspecified atom stereocenters. The van der Waals surface area contributed by atoms with Crippen LogP contribution < -0.4 is 15.4 Å². The second-order valence-corrected chi connectivity index (χ2v) is 5.89. The van der Waals surface area contributed by atoms with Gasteiger partial charge in [0.25, 0.3) is 0 Å². The Bertz CT molecular complexity index is 982. The maximum Gasteiger partial charge on any atom is 0.341 e. The van der Waals surface area contributed by atoms with Crippen molar-refractivity contribution >= 4 is 23.4 Å². The van der Waals surface area contributed by atoms with Gasteiger partial charge in [0.15, 0.2) is 0 Å². The second kappa shape index (κ2) is 9.47. The zero-order chi connectivity index (χ0) is 20.6. The molecule has 0 aliphatic heterocycles. The fourth-order valence-electron chi connectivity index (χ4n) is 2.62. The van der Waals surface area contributed by atoms with Crippen molar-refractivity contribution in [1.82, 2.24) is 15.0 Å². The number of hydrogen-bond donors (Lipinski definition) is 3. The fraction of sp³-hybridized carbons (Fsp3) is 0.200. The Balaban J connectivity index is 1.94. The number of esters is 1. The first-order valence-electron chi connectivity index (χ1n) is 8.82. The number of nitrogens with zero attached hydrogens (tertiary/aromatic N) is 3. The molecule has 3 N–H and O–H groups in total. The molecule has 0 aliphatic rings. The van der Waals surface area contributed by atoms with Crippen molar-refractivity contribution in [3.05, 3.63) is 54.4 Å². The van der Waals surface area contributed by atoms with Gasteiger partial charge < -0.3 is 25.2 Å². The molecule has 0 fully saturated rings. The molecule has 0 saturated heterocycles. The van der Waals surface area contributed by atoms with Gasteiger partial charge in [0.1, 0.15) is 17.1 Å². The molecule has 0 radical (unpaired) electrons. The summed E-state index contributed by atoms with van der Waals surface area (Å²) in [5.74, 6) is 0.778. The van der Waals surface area contributed by atoms with Gasteiger partial charge in [-0.05, 0) is 24.3 Å². The molecule has 3 aromatic rings. The van der Waals surface area contributed by atoms with Crippen molar-refractivity contribution in [1.29, 1.82) is 0 Å². The van der Waals surface area contributed by atoms with Crippen molar-refractivity contribution in [2.45, 2.75) is 0 Å². The minimum atomic E-state index is -0.482. The Morgan fingerprint density at radius 2 is 2.03 bits per heavy atom. The van der Waals surface area contributed by atoms with Crippen LogP contribution in [0.1, 0.15) is 10.4 Å². The molecule has 1 aromatic carbocycles. The summed E-state index contributed by atoms with van der Waals surface area (Å²) >= 11 is 0. The zero-order valence-corrected chi connectivity index (χ0v) is 16.0. The van der Waals surface area contributed by atoms with Crippen LogP contribution in [0.2, 0.25) is 0 Å². The molecule has 0 atom stereocenters. The van der Waals surface area contributed by atoms with E-state index in [2.05, 4.69) is 25.6 Å². The predicted octanol–water partition coefficient (Wildman–Crippen LogP) is 2.48. The third-order valence-corrected chi connectivity index (χ3v) is 3.96. The molecule has 150 valence electrons. The van der Waals surface area contributed by atoms with E-state index in [1.165, 1.54) is 14.2 Å². The van der Waals surface area contributed by atoms with Gasteiger partial charge in [-0.3, -0.25) is 4.98 Å². The third-order valence-electron chi connectivity index (χ3n) is 3.96. The van der Waals surface area contributed by atoms with Gasteiger partial charge in [-0.1, -0.05) is 0 Å². The molecular weight excluding hydrogens is 374 g/mol. The van der Waals surface area contributed by atoms with Gasteiger partial charge in [0.2, 0.25) is 5.95 Å². The monoisotopic (exact) mass is 395 g/mol. The lowest BCUT2D eigenvalue weighted by Crippen LogP contribution is -2.10. The molecular formula is C20H21N5O4. The van der Waals surface area contributed by atoms with Gasteiger partial charge in [-0.2, -0.15) is 4.98 Å². The van der Waals surface area contributed by atoms with Crippen LogP contribution in [0.4, 0.5) is 17.5 Å². The Hall–Kier alpha value is -3.72. The Morgan fingerprint density at radius 1 is 1.17 bits per heavy atom. The van der Waals surface area contributed by atoms with Crippen molar-refractivity contribution < 1.29 is 19.4 Å². The van der Waals surface area contributed by atoms with E-state index in [0.29, 0.717) is 41.0 Å². The number of pyridine rings is 1. The van der Waals surface area contributed by atoms with E-state index in [0.717, 1.165) is 5.56 Å². The average Bonchev–Trinajstić information content (AvgIpc) is 2.77. The Morgan fingerprint density at radius 3 is 2.72 bits per heavy atom. The van der Waals surface area contributed by atoms with Crippen LogP contribution >= 0.6 is 0 Å². The SMILES string of the molecule is COC(=O)c1ccc(Nc2cc(-c3cccnc3)nc(NCCO)n2)cc1OC. The summed E-state index contributed by atoms with van der Waals surface area (Å²) in [5.41, 5.74) is 2.47. The average molecular weight is 395 g/mol. The number of rotatable bonds is 8. The van der Waals surface area contributed by atoms with Crippen LogP contribution in [0.15, 0.2) is 48.8 Å². The lowest BCUT2D eigenvalue weighted by molar-refractivity contribution is 0.0597. The number of hydrogen-bond acceptors (Lipinski definition) is 9. The molecule has 0 spiro atoms. The lowest BCUT2D eigenvalue weighted by atomic mass is 10.1. The van der Waals surface area contributed by atoms with E-state index < -0.39 is 5.97 Å². The van der Waals surface area contributed by atoms with E-state index in [1.807, 2.05) is 12.1 Å². The molecule has 0 saturated carbocycles. The van der Waals surface area contributed by atoms with E-state index in [1.54, 1.807) is 36.7 Å². The first kappa shape index (κ1) is 20.0. The summed E-state index contributed by atoms with van der Waals surface area (Å²) in [6.07, 6.45) is 3.39.